The highest BCUT2D eigenvalue weighted by atomic mass is 35.5. The number of carbonyl (C=O) groups is 2. The van der Waals surface area contributed by atoms with Gasteiger partial charge in [-0.1, -0.05) is 29.8 Å². The van der Waals surface area contributed by atoms with Crippen LogP contribution in [-0.2, 0) is 11.2 Å². The number of carbonyl (C=O) groups excluding carboxylic acids is 2. The molecule has 1 aliphatic rings. The summed E-state index contributed by atoms with van der Waals surface area (Å²) in [6, 6.07) is 10.0. The van der Waals surface area contributed by atoms with Gasteiger partial charge in [0.1, 0.15) is 11.1 Å². The third-order valence-corrected chi connectivity index (χ3v) is 4.23. The van der Waals surface area contributed by atoms with Crippen molar-refractivity contribution >= 4 is 34.8 Å². The van der Waals surface area contributed by atoms with Crippen molar-refractivity contribution in [2.75, 3.05) is 4.90 Å². The summed E-state index contributed by atoms with van der Waals surface area (Å²) in [6.07, 6.45) is 0.312. The summed E-state index contributed by atoms with van der Waals surface area (Å²) in [6.45, 7) is 0. The molecule has 2 aromatic rings. The first-order valence-corrected chi connectivity index (χ1v) is 7.42. The number of anilines is 1. The van der Waals surface area contributed by atoms with Gasteiger partial charge in [0.25, 0.3) is 11.6 Å². The maximum Gasteiger partial charge on any atom is 0.288 e. The predicted molar refractivity (Wildman–Crippen MR) is 88.0 cm³/mol. The maximum atomic E-state index is 12.9. The molecule has 0 saturated carbocycles. The van der Waals surface area contributed by atoms with Gasteiger partial charge in [-0.2, -0.15) is 0 Å². The Balaban J connectivity index is 2.06. The molecular formula is C16H12ClN3O4. The second-order valence-electron chi connectivity index (χ2n) is 5.35. The lowest BCUT2D eigenvalue weighted by molar-refractivity contribution is -0.384. The highest BCUT2D eigenvalue weighted by Crippen LogP contribution is 2.34. The molecule has 0 aliphatic carbocycles. The summed E-state index contributed by atoms with van der Waals surface area (Å²) in [5, 5.41) is 10.9. The number of nitro groups is 1. The highest BCUT2D eigenvalue weighted by molar-refractivity contribution is 6.32. The molecule has 1 aliphatic heterocycles. The van der Waals surface area contributed by atoms with Gasteiger partial charge >= 0.3 is 0 Å². The van der Waals surface area contributed by atoms with Gasteiger partial charge in [0.2, 0.25) is 5.91 Å². The van der Waals surface area contributed by atoms with Crippen LogP contribution in [0.25, 0.3) is 0 Å². The van der Waals surface area contributed by atoms with Crippen LogP contribution in [0.2, 0.25) is 5.02 Å². The Morgan fingerprint density at radius 2 is 1.96 bits per heavy atom. The van der Waals surface area contributed by atoms with Crippen molar-refractivity contribution in [1.29, 1.82) is 0 Å². The Morgan fingerprint density at radius 3 is 2.62 bits per heavy atom. The number of nitrogens with two attached hydrogens (primary N) is 1. The van der Waals surface area contributed by atoms with E-state index < -0.39 is 22.8 Å². The molecule has 3 rings (SSSR count). The SMILES string of the molecule is NC(=O)[C@H]1Cc2ccccc2N1C(=O)c1ccc(Cl)c([N+](=O)[O-])c1. The molecule has 1 heterocycles. The van der Waals surface area contributed by atoms with Crippen LogP contribution < -0.4 is 10.6 Å². The molecule has 2 aromatic carbocycles. The monoisotopic (exact) mass is 345 g/mol. The Hall–Kier alpha value is -2.93. The Labute approximate surface area is 141 Å². The van der Waals surface area contributed by atoms with Crippen molar-refractivity contribution in [3.8, 4) is 0 Å². The molecule has 122 valence electrons. The summed E-state index contributed by atoms with van der Waals surface area (Å²) in [4.78, 5) is 36.2. The zero-order valence-electron chi connectivity index (χ0n) is 12.3. The largest absolute Gasteiger partial charge is 0.368 e. The normalized spacial score (nSPS) is 15.9. The van der Waals surface area contributed by atoms with E-state index in [-0.39, 0.29) is 16.3 Å². The zero-order chi connectivity index (χ0) is 17.4. The predicted octanol–water partition coefficient (Wildman–Crippen LogP) is 2.30. The molecule has 0 bridgehead atoms. The van der Waals surface area contributed by atoms with Crippen LogP contribution in [0.5, 0.6) is 0 Å². The van der Waals surface area contributed by atoms with Crippen molar-refractivity contribution in [3.05, 3.63) is 68.7 Å². The van der Waals surface area contributed by atoms with E-state index in [1.165, 1.54) is 17.0 Å². The summed E-state index contributed by atoms with van der Waals surface area (Å²) >= 11 is 5.78. The van der Waals surface area contributed by atoms with Crippen molar-refractivity contribution in [1.82, 2.24) is 0 Å². The van der Waals surface area contributed by atoms with Gasteiger partial charge in [-0.25, -0.2) is 0 Å². The lowest BCUT2D eigenvalue weighted by Gasteiger charge is -2.23. The number of primary amides is 1. The van der Waals surface area contributed by atoms with Crippen LogP contribution in [-0.4, -0.2) is 22.8 Å². The van der Waals surface area contributed by atoms with E-state index in [4.69, 9.17) is 17.3 Å². The first-order chi connectivity index (χ1) is 11.4. The van der Waals surface area contributed by atoms with E-state index in [9.17, 15) is 19.7 Å². The first-order valence-electron chi connectivity index (χ1n) is 7.05. The average Bonchev–Trinajstić information content (AvgIpc) is 2.94. The number of halogens is 1. The van der Waals surface area contributed by atoms with Crippen molar-refractivity contribution in [2.24, 2.45) is 5.73 Å². The van der Waals surface area contributed by atoms with E-state index >= 15 is 0 Å². The molecule has 0 unspecified atom stereocenters. The lowest BCUT2D eigenvalue weighted by atomic mass is 10.1. The highest BCUT2D eigenvalue weighted by Gasteiger charge is 2.37. The zero-order valence-corrected chi connectivity index (χ0v) is 13.1. The molecule has 8 heteroatoms. The molecule has 0 spiro atoms. The molecule has 0 fully saturated rings. The van der Waals surface area contributed by atoms with Gasteiger partial charge in [-0.3, -0.25) is 24.6 Å². The molecule has 2 N–H and O–H groups in total. The van der Waals surface area contributed by atoms with Crippen molar-refractivity contribution in [2.45, 2.75) is 12.5 Å². The molecule has 1 atom stereocenters. The Kier molecular flexibility index (Phi) is 3.94. The van der Waals surface area contributed by atoms with Crippen LogP contribution in [0.1, 0.15) is 15.9 Å². The number of rotatable bonds is 3. The van der Waals surface area contributed by atoms with Crippen LogP contribution >= 0.6 is 11.6 Å². The number of hydrogen-bond donors (Lipinski definition) is 1. The number of fused-ring (bicyclic) bond motifs is 1. The summed E-state index contributed by atoms with van der Waals surface area (Å²) < 4.78 is 0. The lowest BCUT2D eigenvalue weighted by Crippen LogP contribution is -2.46. The molecule has 0 aromatic heterocycles. The second kappa shape index (κ2) is 5.93. The van der Waals surface area contributed by atoms with E-state index in [0.717, 1.165) is 11.6 Å². The number of benzene rings is 2. The van der Waals surface area contributed by atoms with Gasteiger partial charge in [0.05, 0.1) is 4.92 Å². The summed E-state index contributed by atoms with van der Waals surface area (Å²) in [5.74, 6) is -1.17. The van der Waals surface area contributed by atoms with Gasteiger partial charge in [-0.15, -0.1) is 0 Å². The third kappa shape index (κ3) is 2.59. The molecule has 0 saturated heterocycles. The van der Waals surface area contributed by atoms with Gasteiger partial charge in [-0.05, 0) is 23.8 Å². The molecule has 24 heavy (non-hydrogen) atoms. The molecule has 0 radical (unpaired) electrons. The van der Waals surface area contributed by atoms with Crippen LogP contribution in [0, 0.1) is 10.1 Å². The Bertz CT molecular complexity index is 868. The molecule has 7 nitrogen and oxygen atoms in total. The topological polar surface area (TPSA) is 107 Å². The number of para-hydroxylation sites is 1. The van der Waals surface area contributed by atoms with Crippen molar-refractivity contribution in [3.63, 3.8) is 0 Å². The average molecular weight is 346 g/mol. The summed E-state index contributed by atoms with van der Waals surface area (Å²) in [7, 11) is 0. The minimum Gasteiger partial charge on any atom is -0.368 e. The fourth-order valence-electron chi connectivity index (χ4n) is 2.79. The molecular weight excluding hydrogens is 334 g/mol. The number of hydrogen-bond acceptors (Lipinski definition) is 4. The standard InChI is InChI=1S/C16H12ClN3O4/c17-11-6-5-10(8-13(11)20(23)24)16(22)19-12-4-2-1-3-9(12)7-14(19)15(18)21/h1-6,8,14H,7H2,(H2,18,21)/t14-/m1/s1. The maximum absolute atomic E-state index is 12.9. The van der Waals surface area contributed by atoms with Crippen LogP contribution in [0.15, 0.2) is 42.5 Å². The van der Waals surface area contributed by atoms with E-state index in [1.807, 2.05) is 6.07 Å². The summed E-state index contributed by atoms with van der Waals surface area (Å²) in [5.41, 5.74) is 6.51. The first kappa shape index (κ1) is 15.9. The Morgan fingerprint density at radius 1 is 1.25 bits per heavy atom. The van der Waals surface area contributed by atoms with Crippen LogP contribution in [0.4, 0.5) is 11.4 Å². The van der Waals surface area contributed by atoms with Crippen LogP contribution in [0.3, 0.4) is 0 Å². The van der Waals surface area contributed by atoms with Gasteiger partial charge < -0.3 is 5.73 Å². The minimum absolute atomic E-state index is 0.0639. The second-order valence-corrected chi connectivity index (χ2v) is 5.76. The number of nitro benzene ring substituents is 1. The number of nitrogens with zero attached hydrogens (tertiary/aromatic N) is 2. The number of amides is 2. The smallest absolute Gasteiger partial charge is 0.288 e. The van der Waals surface area contributed by atoms with E-state index in [1.54, 1.807) is 18.2 Å². The molecule has 2 amide bonds. The minimum atomic E-state index is -0.829. The van der Waals surface area contributed by atoms with E-state index in [0.29, 0.717) is 12.1 Å². The fraction of sp³-hybridized carbons (Fsp3) is 0.125. The van der Waals surface area contributed by atoms with Gasteiger partial charge in [0, 0.05) is 23.7 Å². The quantitative estimate of drug-likeness (QED) is 0.680. The third-order valence-electron chi connectivity index (χ3n) is 3.91. The fourth-order valence-corrected chi connectivity index (χ4v) is 2.98. The van der Waals surface area contributed by atoms with E-state index in [2.05, 4.69) is 0 Å². The van der Waals surface area contributed by atoms with Gasteiger partial charge in [0.15, 0.2) is 0 Å². The van der Waals surface area contributed by atoms with Crippen molar-refractivity contribution < 1.29 is 14.5 Å².